The molecule has 0 saturated heterocycles. The van der Waals surface area contributed by atoms with Crippen LogP contribution in [0.15, 0.2) is 16.6 Å². The van der Waals surface area contributed by atoms with Crippen molar-refractivity contribution in [3.8, 4) is 5.75 Å². The van der Waals surface area contributed by atoms with Crippen molar-refractivity contribution in [2.75, 3.05) is 5.32 Å². The monoisotopic (exact) mass is 385 g/mol. The molecule has 2 amide bonds. The molecule has 5 N–H and O–H groups in total. The molecule has 0 radical (unpaired) electrons. The second-order valence-electron chi connectivity index (χ2n) is 3.91. The van der Waals surface area contributed by atoms with Crippen LogP contribution in [0.4, 0.5) is 14.5 Å². The Morgan fingerprint density at radius 3 is 2.57 bits per heavy atom. The highest BCUT2D eigenvalue weighted by Crippen LogP contribution is 2.37. The number of nitrogens with one attached hydrogen (secondary N) is 1. The molecule has 10 heteroatoms. The molecule has 0 aromatic heterocycles. The summed E-state index contributed by atoms with van der Waals surface area (Å²) in [4.78, 5) is 22.5. The van der Waals surface area contributed by atoms with Crippen molar-refractivity contribution in [1.29, 1.82) is 0 Å². The lowest BCUT2D eigenvalue weighted by molar-refractivity contribution is -0.123. The maximum absolute atomic E-state index is 12.4. The number of alkyl halides is 2. The minimum Gasteiger partial charge on any atom is -0.431 e. The average Bonchev–Trinajstić information content (AvgIpc) is 2.32. The van der Waals surface area contributed by atoms with E-state index >= 15 is 0 Å². The summed E-state index contributed by atoms with van der Waals surface area (Å²) < 4.78 is 29.2. The van der Waals surface area contributed by atoms with E-state index in [2.05, 4.69) is 26.0 Å². The number of nitrogens with two attached hydrogens (primary N) is 2. The molecule has 0 fully saturated rings. The Morgan fingerprint density at radius 1 is 1.43 bits per heavy atom. The highest BCUT2D eigenvalue weighted by molar-refractivity contribution is 9.10. The summed E-state index contributed by atoms with van der Waals surface area (Å²) in [6.45, 7) is -3.10. The van der Waals surface area contributed by atoms with Crippen molar-refractivity contribution in [3.63, 3.8) is 0 Å². The second kappa shape index (κ2) is 7.53. The van der Waals surface area contributed by atoms with Crippen LogP contribution < -0.4 is 21.5 Å². The minimum atomic E-state index is -3.10. The molecule has 0 heterocycles. The molecular formula is C11H11BrClF2N3O3. The first-order valence-corrected chi connectivity index (χ1v) is 6.66. The number of hydrogen-bond donors (Lipinski definition) is 3. The van der Waals surface area contributed by atoms with Crippen LogP contribution in [0.25, 0.3) is 0 Å². The largest absolute Gasteiger partial charge is 0.431 e. The van der Waals surface area contributed by atoms with Gasteiger partial charge in [0.25, 0.3) is 0 Å². The fourth-order valence-corrected chi connectivity index (χ4v) is 2.30. The summed E-state index contributed by atoms with van der Waals surface area (Å²) in [5.41, 5.74) is 10.3. The van der Waals surface area contributed by atoms with Crippen LogP contribution >= 0.6 is 27.5 Å². The molecule has 21 heavy (non-hydrogen) atoms. The van der Waals surface area contributed by atoms with Crippen molar-refractivity contribution < 1.29 is 23.1 Å². The molecule has 6 nitrogen and oxygen atoms in total. The van der Waals surface area contributed by atoms with Gasteiger partial charge in [0.05, 0.1) is 22.6 Å². The van der Waals surface area contributed by atoms with Crippen LogP contribution in [0.1, 0.15) is 6.42 Å². The highest BCUT2D eigenvalue weighted by Gasteiger charge is 2.20. The van der Waals surface area contributed by atoms with Crippen LogP contribution in [-0.4, -0.2) is 24.5 Å². The number of hydrogen-bond acceptors (Lipinski definition) is 4. The normalized spacial score (nSPS) is 12.1. The predicted molar refractivity (Wildman–Crippen MR) is 76.2 cm³/mol. The van der Waals surface area contributed by atoms with Crippen molar-refractivity contribution in [2.45, 2.75) is 19.1 Å². The molecule has 1 aromatic carbocycles. The summed E-state index contributed by atoms with van der Waals surface area (Å²) in [5, 5.41) is 2.43. The molecule has 116 valence electrons. The van der Waals surface area contributed by atoms with Gasteiger partial charge in [-0.25, -0.2) is 0 Å². The van der Waals surface area contributed by atoms with E-state index in [4.69, 9.17) is 23.1 Å². The lowest BCUT2D eigenvalue weighted by Gasteiger charge is -2.16. The lowest BCUT2D eigenvalue weighted by Crippen LogP contribution is -2.39. The number of rotatable bonds is 6. The number of halogens is 4. The third-order valence-corrected chi connectivity index (χ3v) is 3.04. The van der Waals surface area contributed by atoms with Gasteiger partial charge in [0.1, 0.15) is 0 Å². The third kappa shape index (κ3) is 5.44. The summed E-state index contributed by atoms with van der Waals surface area (Å²) in [6, 6.07) is 1.30. The quantitative estimate of drug-likeness (QED) is 0.693. The Hall–Kier alpha value is -1.45. The number of ether oxygens (including phenoxy) is 1. The second-order valence-corrected chi connectivity index (χ2v) is 5.20. The van der Waals surface area contributed by atoms with Gasteiger partial charge in [0.2, 0.25) is 11.8 Å². The minimum absolute atomic E-state index is 0.111. The van der Waals surface area contributed by atoms with E-state index in [1.807, 2.05) is 0 Å². The van der Waals surface area contributed by atoms with Gasteiger partial charge < -0.3 is 21.5 Å². The molecule has 0 aliphatic carbocycles. The number of anilines is 1. The Balaban J connectivity index is 3.00. The highest BCUT2D eigenvalue weighted by atomic mass is 79.9. The average molecular weight is 387 g/mol. The van der Waals surface area contributed by atoms with Gasteiger partial charge in [-0.05, 0) is 28.1 Å². The molecule has 1 rings (SSSR count). The molecule has 0 saturated carbocycles. The van der Waals surface area contributed by atoms with Crippen LogP contribution in [-0.2, 0) is 9.59 Å². The van der Waals surface area contributed by atoms with Crippen molar-refractivity contribution in [2.24, 2.45) is 11.5 Å². The van der Waals surface area contributed by atoms with Gasteiger partial charge in [-0.1, -0.05) is 11.6 Å². The Bertz CT molecular complexity index is 560. The molecule has 1 unspecified atom stereocenters. The first kappa shape index (κ1) is 17.6. The van der Waals surface area contributed by atoms with Gasteiger partial charge in [-0.2, -0.15) is 8.78 Å². The molecule has 0 bridgehead atoms. The number of amides is 2. The zero-order valence-electron chi connectivity index (χ0n) is 10.4. The van der Waals surface area contributed by atoms with E-state index in [1.54, 1.807) is 0 Å². The van der Waals surface area contributed by atoms with Crippen molar-refractivity contribution in [1.82, 2.24) is 0 Å². The summed E-state index contributed by atoms with van der Waals surface area (Å²) in [7, 11) is 0. The van der Waals surface area contributed by atoms with Gasteiger partial charge in [0.15, 0.2) is 5.75 Å². The number of primary amides is 1. The predicted octanol–water partition coefficient (Wildman–Crippen LogP) is 1.85. The molecule has 0 aliphatic rings. The van der Waals surface area contributed by atoms with Crippen LogP contribution in [0.2, 0.25) is 5.02 Å². The van der Waals surface area contributed by atoms with Gasteiger partial charge in [0, 0.05) is 5.02 Å². The number of benzene rings is 1. The van der Waals surface area contributed by atoms with E-state index < -0.39 is 30.9 Å². The Kier molecular flexibility index (Phi) is 6.31. The van der Waals surface area contributed by atoms with E-state index in [-0.39, 0.29) is 20.9 Å². The zero-order valence-corrected chi connectivity index (χ0v) is 12.7. The molecule has 1 aromatic rings. The molecule has 1 atom stereocenters. The molecule has 0 spiro atoms. The van der Waals surface area contributed by atoms with Gasteiger partial charge >= 0.3 is 6.61 Å². The first-order valence-electron chi connectivity index (χ1n) is 5.49. The zero-order chi connectivity index (χ0) is 16.2. The Labute approximate surface area is 131 Å². The van der Waals surface area contributed by atoms with Crippen molar-refractivity contribution in [3.05, 3.63) is 21.6 Å². The van der Waals surface area contributed by atoms with Gasteiger partial charge in [-0.3, -0.25) is 9.59 Å². The maximum atomic E-state index is 12.4. The van der Waals surface area contributed by atoms with Crippen LogP contribution in [0.3, 0.4) is 0 Å². The summed E-state index contributed by atoms with van der Waals surface area (Å²) in [5.74, 6) is -1.87. The fourth-order valence-electron chi connectivity index (χ4n) is 1.40. The van der Waals surface area contributed by atoms with E-state index in [0.29, 0.717) is 0 Å². The molecular weight excluding hydrogens is 375 g/mol. The smallest absolute Gasteiger partial charge is 0.387 e. The SMILES string of the molecule is NC(=O)CC(N)C(=O)Nc1cc(Cl)cc(Br)c1OC(F)F. The Morgan fingerprint density at radius 2 is 2.05 bits per heavy atom. The maximum Gasteiger partial charge on any atom is 0.387 e. The summed E-state index contributed by atoms with van der Waals surface area (Å²) >= 11 is 8.77. The van der Waals surface area contributed by atoms with E-state index in [1.165, 1.54) is 12.1 Å². The summed E-state index contributed by atoms with van der Waals surface area (Å²) in [6.07, 6.45) is -0.390. The standard InChI is InChI=1S/C11H11BrClF2N3O3/c12-5-1-4(13)2-7(9(5)21-11(14)15)18-10(20)6(16)3-8(17)19/h1-2,6,11H,3,16H2,(H2,17,19)(H,18,20). The number of carbonyl (C=O) groups excluding carboxylic acids is 2. The number of carbonyl (C=O) groups is 2. The van der Waals surface area contributed by atoms with E-state index in [9.17, 15) is 18.4 Å². The lowest BCUT2D eigenvalue weighted by atomic mass is 10.2. The fraction of sp³-hybridized carbons (Fsp3) is 0.273. The van der Waals surface area contributed by atoms with Crippen LogP contribution in [0.5, 0.6) is 5.75 Å². The topological polar surface area (TPSA) is 107 Å². The first-order chi connectivity index (χ1) is 9.70. The molecule has 0 aliphatic heterocycles. The third-order valence-electron chi connectivity index (χ3n) is 2.23. The van der Waals surface area contributed by atoms with Gasteiger partial charge in [-0.15, -0.1) is 0 Å². The van der Waals surface area contributed by atoms with Crippen molar-refractivity contribution >= 4 is 45.0 Å². The van der Waals surface area contributed by atoms with E-state index in [0.717, 1.165) is 0 Å². The van der Waals surface area contributed by atoms with Crippen LogP contribution in [0, 0.1) is 0 Å².